The summed E-state index contributed by atoms with van der Waals surface area (Å²) >= 11 is 0. The molecular formula is C19H23F3N2O3. The minimum absolute atomic E-state index is 0.216. The normalized spacial score (nSPS) is 15.6. The van der Waals surface area contributed by atoms with Gasteiger partial charge in [0.25, 0.3) is 0 Å². The second-order valence-corrected chi connectivity index (χ2v) is 6.46. The van der Waals surface area contributed by atoms with Crippen molar-refractivity contribution in [2.75, 3.05) is 13.1 Å². The average Bonchev–Trinajstić information content (AvgIpc) is 2.66. The summed E-state index contributed by atoms with van der Waals surface area (Å²) in [7, 11) is 0. The molecule has 1 aliphatic carbocycles. The molecule has 148 valence electrons. The van der Waals surface area contributed by atoms with Crippen LogP contribution in [-0.2, 0) is 15.8 Å². The Kier molecular flexibility index (Phi) is 7.41. The summed E-state index contributed by atoms with van der Waals surface area (Å²) in [5.41, 5.74) is 0.669. The van der Waals surface area contributed by atoms with Crippen LogP contribution in [0.3, 0.4) is 0 Å². The number of hydrogen-bond donors (Lipinski definition) is 3. The van der Waals surface area contributed by atoms with Crippen molar-refractivity contribution >= 4 is 11.8 Å². The van der Waals surface area contributed by atoms with Crippen molar-refractivity contribution in [3.05, 3.63) is 47.0 Å². The monoisotopic (exact) mass is 384 g/mol. The van der Waals surface area contributed by atoms with E-state index >= 15 is 0 Å². The zero-order chi connectivity index (χ0) is 19.9. The molecule has 1 aromatic carbocycles. The molecule has 1 aliphatic rings. The predicted octanol–water partition coefficient (Wildman–Crippen LogP) is 2.86. The summed E-state index contributed by atoms with van der Waals surface area (Å²) in [5.74, 6) is -1.69. The van der Waals surface area contributed by atoms with Crippen LogP contribution in [0.2, 0.25) is 0 Å². The molecule has 0 spiro atoms. The molecule has 27 heavy (non-hydrogen) atoms. The van der Waals surface area contributed by atoms with Gasteiger partial charge in [-0.15, -0.1) is 0 Å². The lowest BCUT2D eigenvalue weighted by Gasteiger charge is -2.14. The van der Waals surface area contributed by atoms with Gasteiger partial charge in [-0.2, -0.15) is 13.2 Å². The molecule has 3 N–H and O–H groups in total. The van der Waals surface area contributed by atoms with Crippen LogP contribution < -0.4 is 10.6 Å². The number of aliphatic hydroxyl groups is 1. The van der Waals surface area contributed by atoms with Crippen LogP contribution in [0.25, 0.3) is 0 Å². The van der Waals surface area contributed by atoms with Gasteiger partial charge in [0.1, 0.15) is 0 Å². The third-order valence-electron chi connectivity index (χ3n) is 4.40. The maximum absolute atomic E-state index is 12.5. The smallest absolute Gasteiger partial charge is 0.387 e. The largest absolute Gasteiger partial charge is 0.416 e. The minimum Gasteiger partial charge on any atom is -0.387 e. The number of carbonyl (C=O) groups excluding carboxylic acids is 2. The van der Waals surface area contributed by atoms with Crippen molar-refractivity contribution in [1.82, 2.24) is 10.6 Å². The number of allylic oxidation sites excluding steroid dienone is 1. The summed E-state index contributed by atoms with van der Waals surface area (Å²) < 4.78 is 37.5. The number of nitrogens with one attached hydrogen (secondary N) is 2. The lowest BCUT2D eigenvalue weighted by Crippen LogP contribution is -2.41. The number of alkyl halides is 3. The number of hydrogen-bond acceptors (Lipinski definition) is 3. The Labute approximate surface area is 155 Å². The van der Waals surface area contributed by atoms with Gasteiger partial charge in [0.05, 0.1) is 11.7 Å². The highest BCUT2D eigenvalue weighted by molar-refractivity contribution is 6.35. The fraction of sp³-hybridized carbons (Fsp3) is 0.474. The van der Waals surface area contributed by atoms with Crippen molar-refractivity contribution in [2.24, 2.45) is 0 Å². The van der Waals surface area contributed by atoms with E-state index in [1.54, 1.807) is 0 Å². The quantitative estimate of drug-likeness (QED) is 0.521. The molecule has 0 saturated carbocycles. The lowest BCUT2D eigenvalue weighted by molar-refractivity contribution is -0.139. The maximum atomic E-state index is 12.5. The maximum Gasteiger partial charge on any atom is 0.416 e. The number of halogens is 3. The molecule has 5 nitrogen and oxygen atoms in total. The van der Waals surface area contributed by atoms with Crippen LogP contribution in [0.1, 0.15) is 49.3 Å². The van der Waals surface area contributed by atoms with E-state index in [0.29, 0.717) is 13.0 Å². The Morgan fingerprint density at radius 1 is 1.07 bits per heavy atom. The van der Waals surface area contributed by atoms with Gasteiger partial charge in [0.15, 0.2) is 0 Å². The van der Waals surface area contributed by atoms with E-state index in [-0.39, 0.29) is 12.1 Å². The molecule has 0 fully saturated rings. The first-order valence-electron chi connectivity index (χ1n) is 8.86. The van der Waals surface area contributed by atoms with Crippen molar-refractivity contribution in [3.63, 3.8) is 0 Å². The third kappa shape index (κ3) is 6.71. The van der Waals surface area contributed by atoms with Gasteiger partial charge in [0.2, 0.25) is 0 Å². The zero-order valence-corrected chi connectivity index (χ0v) is 14.8. The fourth-order valence-corrected chi connectivity index (χ4v) is 2.83. The summed E-state index contributed by atoms with van der Waals surface area (Å²) in [6.07, 6.45) is 1.58. The molecule has 0 radical (unpaired) electrons. The molecule has 8 heteroatoms. The number of amides is 2. The molecule has 0 saturated heterocycles. The molecule has 2 rings (SSSR count). The first-order chi connectivity index (χ1) is 12.8. The number of carbonyl (C=O) groups is 2. The van der Waals surface area contributed by atoms with Crippen molar-refractivity contribution in [2.45, 2.75) is 44.4 Å². The number of rotatable bonds is 6. The second-order valence-electron chi connectivity index (χ2n) is 6.46. The van der Waals surface area contributed by atoms with E-state index in [0.717, 1.165) is 43.5 Å². The van der Waals surface area contributed by atoms with E-state index in [9.17, 15) is 27.9 Å². The Morgan fingerprint density at radius 2 is 1.74 bits per heavy atom. The highest BCUT2D eigenvalue weighted by Gasteiger charge is 2.30. The minimum atomic E-state index is -4.45. The standard InChI is InChI=1S/C19H23F3N2O3/c20-19(21,22)15-8-6-14(7-9-15)16(25)12-24-18(27)17(26)23-11-10-13-4-2-1-3-5-13/h4,6-9,16,25H,1-3,5,10-12H2,(H,23,26)(H,24,27)/t16-/m0/s1. The van der Waals surface area contributed by atoms with Crippen molar-refractivity contribution < 1.29 is 27.9 Å². The fourth-order valence-electron chi connectivity index (χ4n) is 2.83. The highest BCUT2D eigenvalue weighted by Crippen LogP contribution is 2.29. The summed E-state index contributed by atoms with van der Waals surface area (Å²) in [6.45, 7) is 0.0856. The van der Waals surface area contributed by atoms with E-state index in [2.05, 4.69) is 16.7 Å². The molecule has 0 aromatic heterocycles. The van der Waals surface area contributed by atoms with Crippen LogP contribution in [0.4, 0.5) is 13.2 Å². The first kappa shape index (κ1) is 21.0. The molecule has 0 unspecified atom stereocenters. The van der Waals surface area contributed by atoms with Crippen molar-refractivity contribution in [1.29, 1.82) is 0 Å². The average molecular weight is 384 g/mol. The van der Waals surface area contributed by atoms with Crippen LogP contribution >= 0.6 is 0 Å². The molecule has 2 amide bonds. The predicted molar refractivity (Wildman–Crippen MR) is 93.6 cm³/mol. The SMILES string of the molecule is O=C(NCCC1=CCCCC1)C(=O)NC[C@H](O)c1ccc(C(F)(F)F)cc1. The highest BCUT2D eigenvalue weighted by atomic mass is 19.4. The van der Waals surface area contributed by atoms with E-state index in [1.165, 1.54) is 12.0 Å². The van der Waals surface area contributed by atoms with Gasteiger partial charge in [-0.05, 0) is 49.8 Å². The molecule has 0 aliphatic heterocycles. The lowest BCUT2D eigenvalue weighted by atomic mass is 9.97. The van der Waals surface area contributed by atoms with Crippen LogP contribution in [0, 0.1) is 0 Å². The van der Waals surface area contributed by atoms with Crippen LogP contribution in [0.15, 0.2) is 35.9 Å². The van der Waals surface area contributed by atoms with E-state index in [1.807, 2.05) is 0 Å². The summed E-state index contributed by atoms with van der Waals surface area (Å²) in [6, 6.07) is 3.98. The van der Waals surface area contributed by atoms with Gasteiger partial charge in [0, 0.05) is 13.1 Å². The van der Waals surface area contributed by atoms with Gasteiger partial charge in [-0.1, -0.05) is 23.8 Å². The van der Waals surface area contributed by atoms with Gasteiger partial charge in [-0.25, -0.2) is 0 Å². The molecule has 0 heterocycles. The second kappa shape index (κ2) is 9.55. The molecule has 1 atom stereocenters. The first-order valence-corrected chi connectivity index (χ1v) is 8.86. The molecule has 1 aromatic rings. The third-order valence-corrected chi connectivity index (χ3v) is 4.40. The van der Waals surface area contributed by atoms with E-state index in [4.69, 9.17) is 0 Å². The Morgan fingerprint density at radius 3 is 2.33 bits per heavy atom. The Balaban J connectivity index is 1.73. The molecule has 0 bridgehead atoms. The van der Waals surface area contributed by atoms with Crippen molar-refractivity contribution in [3.8, 4) is 0 Å². The van der Waals surface area contributed by atoms with Crippen LogP contribution in [-0.4, -0.2) is 30.0 Å². The van der Waals surface area contributed by atoms with E-state index < -0.39 is 29.7 Å². The number of benzene rings is 1. The van der Waals surface area contributed by atoms with Gasteiger partial charge in [-0.3, -0.25) is 9.59 Å². The summed E-state index contributed by atoms with van der Waals surface area (Å²) in [4.78, 5) is 23.5. The Bertz CT molecular complexity index is 684. The van der Waals surface area contributed by atoms with Gasteiger partial charge < -0.3 is 15.7 Å². The zero-order valence-electron chi connectivity index (χ0n) is 14.8. The number of aliphatic hydroxyl groups excluding tert-OH is 1. The summed E-state index contributed by atoms with van der Waals surface area (Å²) in [5, 5.41) is 14.8. The van der Waals surface area contributed by atoms with Gasteiger partial charge >= 0.3 is 18.0 Å². The topological polar surface area (TPSA) is 78.4 Å². The Hall–Kier alpha value is -2.35. The van der Waals surface area contributed by atoms with Crippen LogP contribution in [0.5, 0.6) is 0 Å². The molecular weight excluding hydrogens is 361 g/mol.